The first-order valence-corrected chi connectivity index (χ1v) is 11.2. The molecule has 0 bridgehead atoms. The molecular formula is C21H29ClN4O2S. The second kappa shape index (κ2) is 9.87. The summed E-state index contributed by atoms with van der Waals surface area (Å²) in [7, 11) is 0. The van der Waals surface area contributed by atoms with E-state index in [-0.39, 0.29) is 24.2 Å². The molecule has 1 aromatic carbocycles. The number of rotatable bonds is 7. The third kappa shape index (κ3) is 6.14. The van der Waals surface area contributed by atoms with Crippen LogP contribution in [0.15, 0.2) is 24.3 Å². The third-order valence-corrected chi connectivity index (χ3v) is 5.98. The van der Waals surface area contributed by atoms with E-state index in [2.05, 4.69) is 23.1 Å². The van der Waals surface area contributed by atoms with Gasteiger partial charge in [0, 0.05) is 55.1 Å². The maximum atomic E-state index is 12.7. The number of ether oxygens (including phenoxy) is 1. The highest BCUT2D eigenvalue weighted by molar-refractivity contribution is 7.09. The van der Waals surface area contributed by atoms with E-state index in [1.165, 1.54) is 11.5 Å². The van der Waals surface area contributed by atoms with Crippen LogP contribution in [0, 0.1) is 0 Å². The van der Waals surface area contributed by atoms with E-state index in [0.717, 1.165) is 21.5 Å². The monoisotopic (exact) mass is 436 g/mol. The van der Waals surface area contributed by atoms with Crippen LogP contribution in [-0.4, -0.2) is 58.0 Å². The number of amides is 1. The molecule has 0 saturated carbocycles. The Balaban J connectivity index is 1.60. The van der Waals surface area contributed by atoms with E-state index in [9.17, 15) is 4.79 Å². The minimum absolute atomic E-state index is 0.0856. The zero-order valence-electron chi connectivity index (χ0n) is 17.5. The Morgan fingerprint density at radius 3 is 2.55 bits per heavy atom. The van der Waals surface area contributed by atoms with Crippen molar-refractivity contribution in [1.29, 1.82) is 0 Å². The van der Waals surface area contributed by atoms with Gasteiger partial charge in [-0.15, -0.1) is 0 Å². The summed E-state index contributed by atoms with van der Waals surface area (Å²) >= 11 is 7.34. The summed E-state index contributed by atoms with van der Waals surface area (Å²) in [5, 5.41) is 1.58. The van der Waals surface area contributed by atoms with E-state index in [0.29, 0.717) is 32.5 Å². The molecule has 1 amide bonds. The number of hydrogen-bond acceptors (Lipinski definition) is 6. The van der Waals surface area contributed by atoms with E-state index in [1.807, 2.05) is 43.0 Å². The molecule has 1 fully saturated rings. The molecule has 2 atom stereocenters. The first kappa shape index (κ1) is 22.0. The predicted molar refractivity (Wildman–Crippen MR) is 118 cm³/mol. The standard InChI is InChI=1S/C21H29ClN4O2S/c1-14(2)26(10-9-20(27)25-12-15(3)28-16(4)13-25)21-23-19(24-29-21)11-17-5-7-18(22)8-6-17/h5-8,14-16H,9-13H2,1-4H3. The van der Waals surface area contributed by atoms with Crippen molar-refractivity contribution in [2.75, 3.05) is 24.5 Å². The maximum Gasteiger partial charge on any atom is 0.224 e. The van der Waals surface area contributed by atoms with Gasteiger partial charge in [0.2, 0.25) is 11.0 Å². The van der Waals surface area contributed by atoms with Gasteiger partial charge >= 0.3 is 0 Å². The van der Waals surface area contributed by atoms with Crippen molar-refractivity contribution in [2.45, 2.75) is 58.8 Å². The lowest BCUT2D eigenvalue weighted by Gasteiger charge is -2.36. The second-order valence-electron chi connectivity index (χ2n) is 7.89. The quantitative estimate of drug-likeness (QED) is 0.656. The van der Waals surface area contributed by atoms with Crippen LogP contribution in [0.5, 0.6) is 0 Å². The molecule has 158 valence electrons. The lowest BCUT2D eigenvalue weighted by Crippen LogP contribution is -2.49. The summed E-state index contributed by atoms with van der Waals surface area (Å²) in [5.41, 5.74) is 1.13. The van der Waals surface area contributed by atoms with Gasteiger partial charge in [0.1, 0.15) is 5.82 Å². The van der Waals surface area contributed by atoms with Crippen molar-refractivity contribution in [2.24, 2.45) is 0 Å². The van der Waals surface area contributed by atoms with E-state index in [4.69, 9.17) is 21.3 Å². The number of carbonyl (C=O) groups excluding carboxylic acids is 1. The second-order valence-corrected chi connectivity index (χ2v) is 9.06. The molecule has 6 nitrogen and oxygen atoms in total. The molecule has 1 saturated heterocycles. The van der Waals surface area contributed by atoms with Gasteiger partial charge in [-0.25, -0.2) is 4.98 Å². The van der Waals surface area contributed by atoms with Crippen LogP contribution in [0.1, 0.15) is 45.5 Å². The van der Waals surface area contributed by atoms with Gasteiger partial charge in [-0.2, -0.15) is 4.37 Å². The van der Waals surface area contributed by atoms with Gasteiger partial charge < -0.3 is 14.5 Å². The highest BCUT2D eigenvalue weighted by Crippen LogP contribution is 2.22. The summed E-state index contributed by atoms with van der Waals surface area (Å²) in [4.78, 5) is 21.5. The van der Waals surface area contributed by atoms with Crippen LogP contribution in [0.3, 0.4) is 0 Å². The van der Waals surface area contributed by atoms with Crippen molar-refractivity contribution in [1.82, 2.24) is 14.3 Å². The Morgan fingerprint density at radius 2 is 1.93 bits per heavy atom. The van der Waals surface area contributed by atoms with Gasteiger partial charge in [0.15, 0.2) is 0 Å². The number of benzene rings is 1. The van der Waals surface area contributed by atoms with Crippen molar-refractivity contribution >= 4 is 34.2 Å². The van der Waals surface area contributed by atoms with Crippen molar-refractivity contribution in [3.63, 3.8) is 0 Å². The highest BCUT2D eigenvalue weighted by atomic mass is 35.5. The van der Waals surface area contributed by atoms with Crippen LogP contribution in [0.25, 0.3) is 0 Å². The molecule has 0 N–H and O–H groups in total. The molecule has 2 heterocycles. The average molecular weight is 437 g/mol. The molecule has 0 spiro atoms. The van der Waals surface area contributed by atoms with Gasteiger partial charge in [0.25, 0.3) is 0 Å². The van der Waals surface area contributed by atoms with Gasteiger partial charge in [0.05, 0.1) is 12.2 Å². The average Bonchev–Trinajstić information content (AvgIpc) is 3.10. The maximum absolute atomic E-state index is 12.7. The summed E-state index contributed by atoms with van der Waals surface area (Å²) in [6.07, 6.45) is 1.30. The van der Waals surface area contributed by atoms with Crippen LogP contribution in [-0.2, 0) is 16.0 Å². The number of halogens is 1. The van der Waals surface area contributed by atoms with Gasteiger partial charge in [-0.3, -0.25) is 4.79 Å². The van der Waals surface area contributed by atoms with Gasteiger partial charge in [-0.1, -0.05) is 23.7 Å². The Bertz CT molecular complexity index is 801. The number of nitrogens with zero attached hydrogens (tertiary/aromatic N) is 4. The first-order valence-electron chi connectivity index (χ1n) is 10.1. The number of carbonyl (C=O) groups is 1. The molecule has 1 aliphatic heterocycles. The van der Waals surface area contributed by atoms with Gasteiger partial charge in [-0.05, 0) is 45.4 Å². The molecular weight excluding hydrogens is 408 g/mol. The fraction of sp³-hybridized carbons (Fsp3) is 0.571. The number of morpholine rings is 1. The Morgan fingerprint density at radius 1 is 1.28 bits per heavy atom. The Labute approximate surface area is 182 Å². The Hall–Kier alpha value is -1.70. The summed E-state index contributed by atoms with van der Waals surface area (Å²) < 4.78 is 10.2. The van der Waals surface area contributed by atoms with E-state index in [1.54, 1.807) is 0 Å². The van der Waals surface area contributed by atoms with Crippen LogP contribution >= 0.6 is 23.1 Å². The fourth-order valence-corrected chi connectivity index (χ4v) is 4.52. The summed E-state index contributed by atoms with van der Waals surface area (Å²) in [6, 6.07) is 7.98. The molecule has 8 heteroatoms. The third-order valence-electron chi connectivity index (χ3n) is 4.94. The van der Waals surface area contributed by atoms with Crippen LogP contribution < -0.4 is 4.90 Å². The smallest absolute Gasteiger partial charge is 0.224 e. The minimum atomic E-state index is 0.0856. The van der Waals surface area contributed by atoms with E-state index < -0.39 is 0 Å². The number of anilines is 1. The van der Waals surface area contributed by atoms with Crippen molar-refractivity contribution in [3.8, 4) is 0 Å². The SMILES string of the molecule is CC1CN(C(=O)CCN(c2nc(Cc3ccc(Cl)cc3)ns2)C(C)C)CC(C)O1. The molecule has 0 radical (unpaired) electrons. The molecule has 0 aliphatic carbocycles. The summed E-state index contributed by atoms with van der Waals surface area (Å²) in [6.45, 7) is 10.2. The zero-order chi connectivity index (χ0) is 21.0. The van der Waals surface area contributed by atoms with Crippen molar-refractivity contribution < 1.29 is 9.53 Å². The molecule has 29 heavy (non-hydrogen) atoms. The first-order chi connectivity index (χ1) is 13.8. The predicted octanol–water partition coefficient (Wildman–Crippen LogP) is 4.02. The van der Waals surface area contributed by atoms with E-state index >= 15 is 0 Å². The minimum Gasteiger partial charge on any atom is -0.372 e. The fourth-order valence-electron chi connectivity index (χ4n) is 3.55. The zero-order valence-corrected chi connectivity index (χ0v) is 19.0. The molecule has 2 unspecified atom stereocenters. The molecule has 1 aliphatic rings. The number of aromatic nitrogens is 2. The van der Waals surface area contributed by atoms with Crippen LogP contribution in [0.4, 0.5) is 5.13 Å². The topological polar surface area (TPSA) is 58.6 Å². The number of hydrogen-bond donors (Lipinski definition) is 0. The lowest BCUT2D eigenvalue weighted by atomic mass is 10.1. The molecule has 2 aromatic rings. The lowest BCUT2D eigenvalue weighted by molar-refractivity contribution is -0.143. The molecule has 3 rings (SSSR count). The Kier molecular flexibility index (Phi) is 7.49. The van der Waals surface area contributed by atoms with Crippen LogP contribution in [0.2, 0.25) is 5.02 Å². The highest BCUT2D eigenvalue weighted by Gasteiger charge is 2.26. The van der Waals surface area contributed by atoms with Crippen molar-refractivity contribution in [3.05, 3.63) is 40.7 Å². The molecule has 1 aromatic heterocycles. The summed E-state index contributed by atoms with van der Waals surface area (Å²) in [5.74, 6) is 0.962. The largest absolute Gasteiger partial charge is 0.372 e. The normalized spacial score (nSPS) is 19.6.